The molecule has 0 aliphatic carbocycles. The molecule has 0 bridgehead atoms. The summed E-state index contributed by atoms with van der Waals surface area (Å²) in [6.45, 7) is 0.826. The van der Waals surface area contributed by atoms with Gasteiger partial charge in [-0.3, -0.25) is 0 Å². The molecule has 0 heterocycles. The largest absolute Gasteiger partial charge is 0.390 e. The molecule has 0 spiro atoms. The minimum atomic E-state index is -3.17. The topological polar surface area (TPSA) is 20.2 Å². The van der Waals surface area contributed by atoms with Crippen LogP contribution >= 0.6 is 27.7 Å². The number of thioether (sulfide) groups is 1. The van der Waals surface area contributed by atoms with Crippen LogP contribution in [0.4, 0.5) is 8.78 Å². The molecule has 0 aromatic heterocycles. The predicted molar refractivity (Wildman–Crippen MR) is 61.5 cm³/mol. The van der Waals surface area contributed by atoms with E-state index in [1.54, 1.807) is 17.8 Å². The molecule has 5 heteroatoms. The van der Waals surface area contributed by atoms with Crippen molar-refractivity contribution in [1.29, 1.82) is 0 Å². The SMILES string of the molecule is CCSc1ccc(C(F)(F)CO)cc1Br. The molecule has 1 nitrogen and oxygen atoms in total. The van der Waals surface area contributed by atoms with E-state index in [4.69, 9.17) is 5.11 Å². The maximum atomic E-state index is 13.1. The molecule has 0 atom stereocenters. The number of hydrogen-bond acceptors (Lipinski definition) is 2. The van der Waals surface area contributed by atoms with Gasteiger partial charge in [0.1, 0.15) is 6.61 Å². The van der Waals surface area contributed by atoms with Crippen LogP contribution in [0.3, 0.4) is 0 Å². The molecular formula is C10H11BrF2OS. The van der Waals surface area contributed by atoms with E-state index in [1.165, 1.54) is 12.1 Å². The van der Waals surface area contributed by atoms with Crippen molar-refractivity contribution in [3.8, 4) is 0 Å². The highest BCUT2D eigenvalue weighted by Crippen LogP contribution is 2.34. The molecule has 84 valence electrons. The molecule has 1 rings (SSSR count). The van der Waals surface area contributed by atoms with Gasteiger partial charge >= 0.3 is 0 Å². The zero-order valence-electron chi connectivity index (χ0n) is 8.14. The Hall–Kier alpha value is -0.130. The van der Waals surface area contributed by atoms with Crippen LogP contribution in [0.1, 0.15) is 12.5 Å². The maximum absolute atomic E-state index is 13.1. The van der Waals surface area contributed by atoms with Crippen molar-refractivity contribution >= 4 is 27.7 Å². The third kappa shape index (κ3) is 3.16. The predicted octanol–water partition coefficient (Wildman–Crippen LogP) is 3.65. The number of halogens is 3. The number of aliphatic hydroxyl groups is 1. The van der Waals surface area contributed by atoms with Crippen LogP contribution in [0.2, 0.25) is 0 Å². The van der Waals surface area contributed by atoms with Crippen molar-refractivity contribution in [3.05, 3.63) is 28.2 Å². The van der Waals surface area contributed by atoms with Gasteiger partial charge in [0.25, 0.3) is 5.92 Å². The number of alkyl halides is 2. The quantitative estimate of drug-likeness (QED) is 0.856. The second-order valence-electron chi connectivity index (χ2n) is 2.94. The molecule has 0 saturated heterocycles. The monoisotopic (exact) mass is 296 g/mol. The highest BCUT2D eigenvalue weighted by atomic mass is 79.9. The van der Waals surface area contributed by atoms with Gasteiger partial charge in [-0.15, -0.1) is 11.8 Å². The minimum absolute atomic E-state index is 0.169. The smallest absolute Gasteiger partial charge is 0.295 e. The van der Waals surface area contributed by atoms with Crippen LogP contribution < -0.4 is 0 Å². The Morgan fingerprint density at radius 1 is 1.47 bits per heavy atom. The average molecular weight is 297 g/mol. The van der Waals surface area contributed by atoms with Gasteiger partial charge in [0.2, 0.25) is 0 Å². The highest BCUT2D eigenvalue weighted by Gasteiger charge is 2.30. The summed E-state index contributed by atoms with van der Waals surface area (Å²) in [5.41, 5.74) is -0.169. The van der Waals surface area contributed by atoms with Crippen molar-refractivity contribution in [1.82, 2.24) is 0 Å². The molecule has 1 N–H and O–H groups in total. The summed E-state index contributed by atoms with van der Waals surface area (Å²) in [7, 11) is 0. The highest BCUT2D eigenvalue weighted by molar-refractivity contribution is 9.10. The first kappa shape index (κ1) is 12.9. The Kier molecular flexibility index (Phi) is 4.55. The molecule has 0 fully saturated rings. The third-order valence-electron chi connectivity index (χ3n) is 1.85. The fraction of sp³-hybridized carbons (Fsp3) is 0.400. The fourth-order valence-electron chi connectivity index (χ4n) is 1.09. The summed E-state index contributed by atoms with van der Waals surface area (Å²) < 4.78 is 26.8. The van der Waals surface area contributed by atoms with Crippen molar-refractivity contribution in [2.24, 2.45) is 0 Å². The Morgan fingerprint density at radius 2 is 2.13 bits per heavy atom. The molecule has 0 aliphatic rings. The first-order valence-electron chi connectivity index (χ1n) is 4.42. The van der Waals surface area contributed by atoms with Crippen molar-refractivity contribution in [2.45, 2.75) is 17.7 Å². The Morgan fingerprint density at radius 3 is 2.60 bits per heavy atom. The summed E-state index contributed by atoms with van der Waals surface area (Å²) in [5, 5.41) is 8.54. The van der Waals surface area contributed by atoms with Gasteiger partial charge in [0, 0.05) is 14.9 Å². The zero-order chi connectivity index (χ0) is 11.5. The lowest BCUT2D eigenvalue weighted by molar-refractivity contribution is -0.0557. The van der Waals surface area contributed by atoms with Gasteiger partial charge in [-0.05, 0) is 33.8 Å². The molecule has 0 radical (unpaired) electrons. The average Bonchev–Trinajstić information content (AvgIpc) is 2.21. The first-order valence-corrected chi connectivity index (χ1v) is 6.20. The van der Waals surface area contributed by atoms with E-state index in [-0.39, 0.29) is 5.56 Å². The lowest BCUT2D eigenvalue weighted by Crippen LogP contribution is -2.18. The van der Waals surface area contributed by atoms with E-state index in [1.807, 2.05) is 6.92 Å². The molecule has 1 aromatic carbocycles. The van der Waals surface area contributed by atoms with Gasteiger partial charge < -0.3 is 5.11 Å². The zero-order valence-corrected chi connectivity index (χ0v) is 10.5. The van der Waals surface area contributed by atoms with E-state index in [0.717, 1.165) is 10.6 Å². The summed E-state index contributed by atoms with van der Waals surface area (Å²) >= 11 is 4.81. The van der Waals surface area contributed by atoms with Crippen LogP contribution in [0.25, 0.3) is 0 Å². The van der Waals surface area contributed by atoms with E-state index >= 15 is 0 Å². The maximum Gasteiger partial charge on any atom is 0.295 e. The van der Waals surface area contributed by atoms with Gasteiger partial charge in [-0.2, -0.15) is 8.78 Å². The second-order valence-corrected chi connectivity index (χ2v) is 5.10. The van der Waals surface area contributed by atoms with Gasteiger partial charge in [-0.25, -0.2) is 0 Å². The minimum Gasteiger partial charge on any atom is -0.390 e. The summed E-state index contributed by atoms with van der Waals surface area (Å²) in [5.74, 6) is -2.29. The summed E-state index contributed by atoms with van der Waals surface area (Å²) in [6, 6.07) is 4.34. The van der Waals surface area contributed by atoms with Gasteiger partial charge in [-0.1, -0.05) is 13.0 Å². The van der Waals surface area contributed by atoms with E-state index in [0.29, 0.717) is 4.47 Å². The van der Waals surface area contributed by atoms with Crippen molar-refractivity contribution in [3.63, 3.8) is 0 Å². The van der Waals surface area contributed by atoms with E-state index < -0.39 is 12.5 Å². The van der Waals surface area contributed by atoms with Crippen LogP contribution in [-0.2, 0) is 5.92 Å². The van der Waals surface area contributed by atoms with E-state index in [9.17, 15) is 8.78 Å². The molecule has 1 aromatic rings. The third-order valence-corrected chi connectivity index (χ3v) is 3.73. The molecule has 0 aliphatic heterocycles. The van der Waals surface area contributed by atoms with Gasteiger partial charge in [0.05, 0.1) is 0 Å². The number of aliphatic hydroxyl groups excluding tert-OH is 1. The summed E-state index contributed by atoms with van der Waals surface area (Å²) in [6.07, 6.45) is 0. The van der Waals surface area contributed by atoms with Crippen LogP contribution in [0.15, 0.2) is 27.6 Å². The molecule has 0 unspecified atom stereocenters. The number of hydrogen-bond donors (Lipinski definition) is 1. The van der Waals surface area contributed by atoms with Crippen LogP contribution in [0.5, 0.6) is 0 Å². The Bertz CT molecular complexity index is 344. The second kappa shape index (κ2) is 5.27. The molecule has 0 amide bonds. The number of benzene rings is 1. The van der Waals surface area contributed by atoms with Crippen LogP contribution in [-0.4, -0.2) is 17.5 Å². The van der Waals surface area contributed by atoms with E-state index in [2.05, 4.69) is 15.9 Å². The number of rotatable bonds is 4. The lowest BCUT2D eigenvalue weighted by Gasteiger charge is -2.14. The Balaban J connectivity index is 3.01. The lowest BCUT2D eigenvalue weighted by atomic mass is 10.1. The summed E-state index contributed by atoms with van der Waals surface area (Å²) in [4.78, 5) is 0.926. The molecule has 0 saturated carbocycles. The van der Waals surface area contributed by atoms with Crippen molar-refractivity contribution < 1.29 is 13.9 Å². The Labute approximate surface area is 100 Å². The molecular weight excluding hydrogens is 286 g/mol. The van der Waals surface area contributed by atoms with Crippen molar-refractivity contribution in [2.75, 3.05) is 12.4 Å². The molecule has 15 heavy (non-hydrogen) atoms. The van der Waals surface area contributed by atoms with Gasteiger partial charge in [0.15, 0.2) is 0 Å². The normalized spacial score (nSPS) is 11.8. The van der Waals surface area contributed by atoms with Crippen LogP contribution in [0, 0.1) is 0 Å². The fourth-order valence-corrected chi connectivity index (χ4v) is 2.49. The standard InChI is InChI=1S/C10H11BrF2OS/c1-2-15-9-4-3-7(5-8(9)11)10(12,13)6-14/h3-5,14H,2,6H2,1H3. The first-order chi connectivity index (χ1) is 7.01.